The molecule has 3 N–H and O–H groups in total. The van der Waals surface area contributed by atoms with E-state index in [9.17, 15) is 0 Å². The molecule has 0 aliphatic carbocycles. The maximum Gasteiger partial charge on any atom is 0.163 e. The van der Waals surface area contributed by atoms with Crippen molar-refractivity contribution in [2.75, 3.05) is 5.73 Å². The Hall–Kier alpha value is -2.57. The standard InChI is InChI=1S/C11H11N7/c1-6-3-13-4-7(16-6)2-8-17-10(12)9-11(18-8)15-5-14-9/h3-5H,2H2,1H3,(H3,12,14,15,17,18). The average molecular weight is 241 g/mol. The number of nitrogens with zero attached hydrogens (tertiary/aromatic N) is 5. The van der Waals surface area contributed by atoms with E-state index in [0.717, 1.165) is 11.4 Å². The molecule has 18 heavy (non-hydrogen) atoms. The number of aromatic amines is 1. The number of rotatable bonds is 2. The largest absolute Gasteiger partial charge is 0.382 e. The van der Waals surface area contributed by atoms with Crippen LogP contribution < -0.4 is 5.73 Å². The van der Waals surface area contributed by atoms with Crippen molar-refractivity contribution in [3.63, 3.8) is 0 Å². The molecule has 90 valence electrons. The molecule has 3 aromatic rings. The van der Waals surface area contributed by atoms with E-state index in [1.54, 1.807) is 18.7 Å². The Kier molecular flexibility index (Phi) is 2.36. The number of H-pyrrole nitrogens is 1. The summed E-state index contributed by atoms with van der Waals surface area (Å²) in [5, 5.41) is 0. The van der Waals surface area contributed by atoms with Crippen molar-refractivity contribution in [1.82, 2.24) is 29.9 Å². The minimum absolute atomic E-state index is 0.372. The van der Waals surface area contributed by atoms with Gasteiger partial charge in [-0.25, -0.2) is 15.0 Å². The minimum Gasteiger partial charge on any atom is -0.382 e. The number of nitrogens with one attached hydrogen (secondary N) is 1. The van der Waals surface area contributed by atoms with E-state index in [1.165, 1.54) is 0 Å². The van der Waals surface area contributed by atoms with E-state index in [1.807, 2.05) is 6.92 Å². The van der Waals surface area contributed by atoms with Crippen LogP contribution in [0, 0.1) is 6.92 Å². The summed E-state index contributed by atoms with van der Waals surface area (Å²) in [6, 6.07) is 0. The maximum atomic E-state index is 5.82. The summed E-state index contributed by atoms with van der Waals surface area (Å²) in [4.78, 5) is 24.0. The number of hydrogen-bond donors (Lipinski definition) is 2. The fourth-order valence-electron chi connectivity index (χ4n) is 1.75. The third kappa shape index (κ3) is 1.86. The Balaban J connectivity index is 1.99. The SMILES string of the molecule is Cc1cncc(Cc2nc(N)c3nc[nH]c3n2)n1. The van der Waals surface area contributed by atoms with Crippen molar-refractivity contribution in [1.29, 1.82) is 0 Å². The van der Waals surface area contributed by atoms with Gasteiger partial charge in [-0.15, -0.1) is 0 Å². The highest BCUT2D eigenvalue weighted by Gasteiger charge is 2.08. The van der Waals surface area contributed by atoms with Gasteiger partial charge >= 0.3 is 0 Å². The van der Waals surface area contributed by atoms with Gasteiger partial charge in [-0.1, -0.05) is 0 Å². The molecule has 3 heterocycles. The molecule has 0 fully saturated rings. The maximum absolute atomic E-state index is 5.82. The van der Waals surface area contributed by atoms with Crippen LogP contribution in [0.2, 0.25) is 0 Å². The number of nitrogen functional groups attached to an aromatic ring is 1. The second kappa shape index (κ2) is 4.02. The zero-order chi connectivity index (χ0) is 12.5. The highest BCUT2D eigenvalue weighted by Crippen LogP contribution is 2.14. The summed E-state index contributed by atoms with van der Waals surface area (Å²) in [5.74, 6) is 0.973. The topological polar surface area (TPSA) is 106 Å². The molecule has 3 rings (SSSR count). The molecule has 0 amide bonds. The number of anilines is 1. The lowest BCUT2D eigenvalue weighted by molar-refractivity contribution is 0.923. The van der Waals surface area contributed by atoms with Crippen molar-refractivity contribution < 1.29 is 0 Å². The molecule has 0 bridgehead atoms. The lowest BCUT2D eigenvalue weighted by atomic mass is 10.3. The smallest absolute Gasteiger partial charge is 0.163 e. The fraction of sp³-hybridized carbons (Fsp3) is 0.182. The summed E-state index contributed by atoms with van der Waals surface area (Å²) in [7, 11) is 0. The van der Waals surface area contributed by atoms with Crippen molar-refractivity contribution in [3.05, 3.63) is 35.9 Å². The number of aryl methyl sites for hydroxylation is 1. The number of imidazole rings is 1. The normalized spacial score (nSPS) is 10.9. The quantitative estimate of drug-likeness (QED) is 0.681. The number of hydrogen-bond acceptors (Lipinski definition) is 6. The first-order valence-corrected chi connectivity index (χ1v) is 5.45. The molecule has 0 radical (unpaired) electrons. The summed E-state index contributed by atoms with van der Waals surface area (Å²) >= 11 is 0. The lowest BCUT2D eigenvalue weighted by Crippen LogP contribution is -2.03. The molecular weight excluding hydrogens is 230 g/mol. The third-order valence-electron chi connectivity index (χ3n) is 2.50. The highest BCUT2D eigenvalue weighted by atomic mass is 15.0. The Labute approximate surface area is 103 Å². The molecule has 0 aliphatic rings. The van der Waals surface area contributed by atoms with Crippen molar-refractivity contribution in [3.8, 4) is 0 Å². The fourth-order valence-corrected chi connectivity index (χ4v) is 1.75. The first-order valence-electron chi connectivity index (χ1n) is 5.45. The van der Waals surface area contributed by atoms with Crippen LogP contribution in [-0.2, 0) is 6.42 Å². The van der Waals surface area contributed by atoms with Gasteiger partial charge < -0.3 is 10.7 Å². The predicted molar refractivity (Wildman–Crippen MR) is 65.7 cm³/mol. The van der Waals surface area contributed by atoms with Crippen LogP contribution in [0.25, 0.3) is 11.2 Å². The molecular formula is C11H11N7. The van der Waals surface area contributed by atoms with E-state index in [-0.39, 0.29) is 0 Å². The number of fused-ring (bicyclic) bond motifs is 1. The average Bonchev–Trinajstić information content (AvgIpc) is 2.77. The summed E-state index contributed by atoms with van der Waals surface area (Å²) in [6.07, 6.45) is 5.44. The van der Waals surface area contributed by atoms with Crippen LogP contribution in [0.5, 0.6) is 0 Å². The zero-order valence-corrected chi connectivity index (χ0v) is 9.75. The molecule has 0 unspecified atom stereocenters. The number of nitrogens with two attached hydrogens (primary N) is 1. The Morgan fingerprint density at radius 1 is 1.22 bits per heavy atom. The third-order valence-corrected chi connectivity index (χ3v) is 2.50. The van der Waals surface area contributed by atoms with Crippen LogP contribution >= 0.6 is 0 Å². The molecule has 3 aromatic heterocycles. The number of aromatic nitrogens is 6. The second-order valence-electron chi connectivity index (χ2n) is 3.95. The van der Waals surface area contributed by atoms with E-state index in [2.05, 4.69) is 29.9 Å². The Morgan fingerprint density at radius 3 is 2.94 bits per heavy atom. The Morgan fingerprint density at radius 2 is 2.11 bits per heavy atom. The zero-order valence-electron chi connectivity index (χ0n) is 9.75. The van der Waals surface area contributed by atoms with Gasteiger partial charge in [0.25, 0.3) is 0 Å². The predicted octanol–water partition coefficient (Wildman–Crippen LogP) is 0.624. The summed E-state index contributed by atoms with van der Waals surface area (Å²) < 4.78 is 0. The molecule has 7 heteroatoms. The highest BCUT2D eigenvalue weighted by molar-refractivity contribution is 5.80. The van der Waals surface area contributed by atoms with Gasteiger partial charge in [0.1, 0.15) is 11.3 Å². The molecule has 0 aromatic carbocycles. The van der Waals surface area contributed by atoms with Gasteiger partial charge in [-0.05, 0) is 6.92 Å². The first-order chi connectivity index (χ1) is 8.72. The van der Waals surface area contributed by atoms with Crippen LogP contribution in [0.4, 0.5) is 5.82 Å². The van der Waals surface area contributed by atoms with Crippen LogP contribution in [0.3, 0.4) is 0 Å². The van der Waals surface area contributed by atoms with Crippen LogP contribution in [0.1, 0.15) is 17.2 Å². The second-order valence-corrected chi connectivity index (χ2v) is 3.95. The minimum atomic E-state index is 0.372. The first kappa shape index (κ1) is 10.6. The van der Waals surface area contributed by atoms with Crippen LogP contribution in [-0.4, -0.2) is 29.9 Å². The van der Waals surface area contributed by atoms with Gasteiger partial charge in [0, 0.05) is 12.4 Å². The van der Waals surface area contributed by atoms with E-state index < -0.39 is 0 Å². The lowest BCUT2D eigenvalue weighted by Gasteiger charge is -2.02. The van der Waals surface area contributed by atoms with Crippen molar-refractivity contribution in [2.45, 2.75) is 13.3 Å². The van der Waals surface area contributed by atoms with Gasteiger partial charge in [0.2, 0.25) is 0 Å². The summed E-state index contributed by atoms with van der Waals surface area (Å²) in [5.41, 5.74) is 8.72. The van der Waals surface area contributed by atoms with E-state index >= 15 is 0 Å². The molecule has 0 saturated heterocycles. The molecule has 7 nitrogen and oxygen atoms in total. The summed E-state index contributed by atoms with van der Waals surface area (Å²) in [6.45, 7) is 1.89. The van der Waals surface area contributed by atoms with Gasteiger partial charge in [0.15, 0.2) is 11.5 Å². The molecule has 0 atom stereocenters. The van der Waals surface area contributed by atoms with Gasteiger partial charge in [0.05, 0.1) is 24.1 Å². The molecule has 0 aliphatic heterocycles. The van der Waals surface area contributed by atoms with Crippen molar-refractivity contribution >= 4 is 17.0 Å². The Bertz CT molecular complexity index is 703. The van der Waals surface area contributed by atoms with Crippen molar-refractivity contribution in [2.24, 2.45) is 0 Å². The monoisotopic (exact) mass is 241 g/mol. The molecule has 0 spiro atoms. The molecule has 0 saturated carbocycles. The van der Waals surface area contributed by atoms with E-state index in [0.29, 0.717) is 29.2 Å². The van der Waals surface area contributed by atoms with Gasteiger partial charge in [-0.3, -0.25) is 9.97 Å². The van der Waals surface area contributed by atoms with Crippen LogP contribution in [0.15, 0.2) is 18.7 Å². The van der Waals surface area contributed by atoms with E-state index in [4.69, 9.17) is 5.73 Å². The van der Waals surface area contributed by atoms with Gasteiger partial charge in [-0.2, -0.15) is 0 Å².